The summed E-state index contributed by atoms with van der Waals surface area (Å²) >= 11 is 0. The fourth-order valence-corrected chi connectivity index (χ4v) is 10.7. The Hall–Kier alpha value is -1.11. The highest BCUT2D eigenvalue weighted by molar-refractivity contribution is 5.86. The maximum atomic E-state index is 12.3. The number of ether oxygens (including phenoxy) is 4. The highest BCUT2D eigenvalue weighted by atomic mass is 16.5. The number of carbonyl (C=O) groups is 1. The van der Waals surface area contributed by atoms with Crippen molar-refractivity contribution in [1.29, 1.82) is 0 Å². The van der Waals surface area contributed by atoms with Gasteiger partial charge in [-0.1, -0.05) is 78.1 Å². The predicted molar refractivity (Wildman–Crippen MR) is 184 cm³/mol. The van der Waals surface area contributed by atoms with Crippen LogP contribution in [0.1, 0.15) is 175 Å². The standard InChI is InChI=1S/C40H68O6/c1-4-16-38(20-24-45-38)18-12-8-6-10-14-22-43-35(32(3)36(41)42)37-27-33-26-34(28-37)30-40(29-33,31-37)44-23-15-11-7-9-13-19-39(17-5-2)21-25-46-39/h33-34H,4-31H2,1-3H3,(H,41,42). The van der Waals surface area contributed by atoms with Gasteiger partial charge in [0.25, 0.3) is 0 Å². The first-order valence-electron chi connectivity index (χ1n) is 19.8. The Morgan fingerprint density at radius 1 is 0.717 bits per heavy atom. The second-order valence-corrected chi connectivity index (χ2v) is 16.5. The molecule has 2 heterocycles. The zero-order valence-corrected chi connectivity index (χ0v) is 29.9. The van der Waals surface area contributed by atoms with Crippen molar-refractivity contribution in [2.24, 2.45) is 17.3 Å². The van der Waals surface area contributed by atoms with Gasteiger partial charge in [-0.25, -0.2) is 4.79 Å². The van der Waals surface area contributed by atoms with E-state index >= 15 is 0 Å². The van der Waals surface area contributed by atoms with E-state index in [0.29, 0.717) is 24.0 Å². The van der Waals surface area contributed by atoms with Crippen molar-refractivity contribution in [2.45, 2.75) is 192 Å². The summed E-state index contributed by atoms with van der Waals surface area (Å²) in [6.45, 7) is 9.66. The summed E-state index contributed by atoms with van der Waals surface area (Å²) in [6.07, 6.45) is 28.4. The topological polar surface area (TPSA) is 74.2 Å². The van der Waals surface area contributed by atoms with Crippen molar-refractivity contribution in [1.82, 2.24) is 0 Å². The molecule has 6 aliphatic rings. The van der Waals surface area contributed by atoms with Crippen LogP contribution in [0.5, 0.6) is 0 Å². The second kappa shape index (κ2) is 16.5. The van der Waals surface area contributed by atoms with Crippen molar-refractivity contribution >= 4 is 5.97 Å². The van der Waals surface area contributed by atoms with Crippen LogP contribution in [0.4, 0.5) is 0 Å². The van der Waals surface area contributed by atoms with E-state index in [1.807, 2.05) is 0 Å². The first-order valence-corrected chi connectivity index (χ1v) is 19.8. The molecule has 1 N–H and O–H groups in total. The molecule has 6 nitrogen and oxygen atoms in total. The molecule has 6 fully saturated rings. The van der Waals surface area contributed by atoms with Crippen molar-refractivity contribution in [2.75, 3.05) is 26.4 Å². The number of carboxylic acids is 1. The number of carboxylic acid groups (broad SMARTS) is 1. The van der Waals surface area contributed by atoms with Crippen molar-refractivity contribution in [3.63, 3.8) is 0 Å². The highest BCUT2D eigenvalue weighted by Crippen LogP contribution is 2.65. The van der Waals surface area contributed by atoms with E-state index in [1.54, 1.807) is 6.92 Å². The van der Waals surface area contributed by atoms with Gasteiger partial charge in [0.05, 0.1) is 42.2 Å². The van der Waals surface area contributed by atoms with Crippen LogP contribution in [-0.4, -0.2) is 54.3 Å². The van der Waals surface area contributed by atoms with Crippen LogP contribution in [0.15, 0.2) is 11.3 Å². The normalized spacial score (nSPS) is 35.0. The smallest absolute Gasteiger partial charge is 0.334 e. The van der Waals surface area contributed by atoms with Gasteiger partial charge in [-0.05, 0) is 109 Å². The molecule has 4 bridgehead atoms. The number of allylic oxidation sites excluding steroid dienone is 1. The summed E-state index contributed by atoms with van der Waals surface area (Å²) in [6, 6.07) is 0. The zero-order valence-electron chi connectivity index (χ0n) is 29.9. The van der Waals surface area contributed by atoms with E-state index in [0.717, 1.165) is 76.9 Å². The number of hydrogen-bond acceptors (Lipinski definition) is 5. The maximum absolute atomic E-state index is 12.3. The minimum absolute atomic E-state index is 0.0924. The Bertz CT molecular complexity index is 980. The molecule has 0 aromatic rings. The maximum Gasteiger partial charge on any atom is 0.334 e. The molecule has 4 saturated carbocycles. The Labute approximate surface area is 281 Å². The van der Waals surface area contributed by atoms with E-state index in [1.165, 1.54) is 103 Å². The van der Waals surface area contributed by atoms with Gasteiger partial charge in [-0.2, -0.15) is 0 Å². The summed E-state index contributed by atoms with van der Waals surface area (Å²) in [5.41, 5.74) is 0.567. The van der Waals surface area contributed by atoms with Gasteiger partial charge in [0.15, 0.2) is 0 Å². The van der Waals surface area contributed by atoms with Gasteiger partial charge in [0.1, 0.15) is 5.76 Å². The van der Waals surface area contributed by atoms with Gasteiger partial charge < -0.3 is 24.1 Å². The number of hydrogen-bond donors (Lipinski definition) is 1. The number of rotatable bonds is 24. The Balaban J connectivity index is 1.05. The molecule has 2 saturated heterocycles. The van der Waals surface area contributed by atoms with Crippen LogP contribution < -0.4 is 0 Å². The van der Waals surface area contributed by atoms with Crippen LogP contribution in [0.2, 0.25) is 0 Å². The first-order chi connectivity index (χ1) is 22.3. The van der Waals surface area contributed by atoms with Crippen LogP contribution in [-0.2, 0) is 23.7 Å². The third-order valence-corrected chi connectivity index (χ3v) is 12.7. The van der Waals surface area contributed by atoms with Crippen LogP contribution in [0.25, 0.3) is 0 Å². The fraction of sp³-hybridized carbons (Fsp3) is 0.925. The summed E-state index contributed by atoms with van der Waals surface area (Å²) in [5.74, 6) is 1.22. The molecule has 0 amide bonds. The van der Waals surface area contributed by atoms with Crippen LogP contribution in [0, 0.1) is 17.3 Å². The van der Waals surface area contributed by atoms with Crippen molar-refractivity contribution in [3.05, 3.63) is 11.3 Å². The average molecular weight is 645 g/mol. The lowest BCUT2D eigenvalue weighted by Crippen LogP contribution is -2.57. The highest BCUT2D eigenvalue weighted by Gasteiger charge is 2.60. The lowest BCUT2D eigenvalue weighted by molar-refractivity contribution is -0.193. The fourth-order valence-electron chi connectivity index (χ4n) is 10.7. The Morgan fingerprint density at radius 3 is 1.70 bits per heavy atom. The molecule has 6 rings (SSSR count). The zero-order chi connectivity index (χ0) is 32.5. The monoisotopic (exact) mass is 645 g/mol. The SMILES string of the molecule is CCCC1(CCCCCCCOC(=C(C)C(=O)O)C23CC4CC(CC(OCCCCCCCC5(CCC)CCO5)(C4)C2)C3)CCO1. The minimum Gasteiger partial charge on any atom is -0.497 e. The lowest BCUT2D eigenvalue weighted by Gasteiger charge is -2.62. The quantitative estimate of drug-likeness (QED) is 0.0640. The molecule has 0 spiro atoms. The molecule has 2 aliphatic heterocycles. The molecule has 0 radical (unpaired) electrons. The second-order valence-electron chi connectivity index (χ2n) is 16.5. The summed E-state index contributed by atoms with van der Waals surface area (Å²) in [5, 5.41) is 10.1. The predicted octanol–water partition coefficient (Wildman–Crippen LogP) is 10.3. The molecule has 0 aromatic carbocycles. The number of unbranched alkanes of at least 4 members (excludes halogenated alkanes) is 8. The van der Waals surface area contributed by atoms with Gasteiger partial charge in [-0.3, -0.25) is 0 Å². The van der Waals surface area contributed by atoms with E-state index in [2.05, 4.69) is 13.8 Å². The molecule has 4 atom stereocenters. The lowest BCUT2D eigenvalue weighted by atomic mass is 9.47. The first kappa shape index (κ1) is 36.2. The largest absolute Gasteiger partial charge is 0.497 e. The Morgan fingerprint density at radius 2 is 1.22 bits per heavy atom. The van der Waals surface area contributed by atoms with Crippen LogP contribution >= 0.6 is 0 Å². The minimum atomic E-state index is -0.829. The third-order valence-electron chi connectivity index (χ3n) is 12.7. The van der Waals surface area contributed by atoms with Crippen molar-refractivity contribution in [3.8, 4) is 0 Å². The van der Waals surface area contributed by atoms with E-state index < -0.39 is 5.97 Å². The van der Waals surface area contributed by atoms with Crippen LogP contribution in [0.3, 0.4) is 0 Å². The molecule has 4 unspecified atom stereocenters. The molecule has 264 valence electrons. The summed E-state index contributed by atoms with van der Waals surface area (Å²) in [4.78, 5) is 12.3. The molecular weight excluding hydrogens is 576 g/mol. The molecule has 0 aromatic heterocycles. The van der Waals surface area contributed by atoms with Gasteiger partial charge in [0, 0.05) is 12.0 Å². The molecule has 4 aliphatic carbocycles. The molecule has 6 heteroatoms. The van der Waals surface area contributed by atoms with Gasteiger partial charge in [0.2, 0.25) is 0 Å². The average Bonchev–Trinajstić information content (AvgIpc) is 2.97. The summed E-state index contributed by atoms with van der Waals surface area (Å²) < 4.78 is 25.3. The molecule has 46 heavy (non-hydrogen) atoms. The van der Waals surface area contributed by atoms with Gasteiger partial charge in [-0.15, -0.1) is 0 Å². The molecular formula is C40H68O6. The summed E-state index contributed by atoms with van der Waals surface area (Å²) in [7, 11) is 0. The van der Waals surface area contributed by atoms with E-state index in [9.17, 15) is 9.90 Å². The van der Waals surface area contributed by atoms with E-state index in [4.69, 9.17) is 18.9 Å². The Kier molecular flexibility index (Phi) is 13.0. The van der Waals surface area contributed by atoms with Crippen molar-refractivity contribution < 1.29 is 28.8 Å². The van der Waals surface area contributed by atoms with Gasteiger partial charge >= 0.3 is 5.97 Å². The van der Waals surface area contributed by atoms with E-state index in [-0.39, 0.29) is 22.2 Å². The third kappa shape index (κ3) is 8.91. The number of aliphatic carboxylic acids is 1.